The van der Waals surface area contributed by atoms with Gasteiger partial charge in [-0.15, -0.1) is 0 Å². The number of rotatable bonds is 3. The van der Waals surface area contributed by atoms with Crippen LogP contribution in [0.1, 0.15) is 50.7 Å². The first-order valence-electron chi connectivity index (χ1n) is 8.08. The van der Waals surface area contributed by atoms with Crippen molar-refractivity contribution in [3.05, 3.63) is 58.5 Å². The Morgan fingerprint density at radius 2 is 2.09 bits per heavy atom. The lowest BCUT2D eigenvalue weighted by molar-refractivity contribution is 0.125. The minimum absolute atomic E-state index is 0.132. The van der Waals surface area contributed by atoms with Crippen LogP contribution >= 0.6 is 0 Å². The number of nitrogens with zero attached hydrogens (tertiary/aromatic N) is 1. The van der Waals surface area contributed by atoms with Gasteiger partial charge in [0.25, 0.3) is 0 Å². The van der Waals surface area contributed by atoms with Crippen molar-refractivity contribution in [1.82, 2.24) is 0 Å². The standard InChI is InChI=1S/C19H22N2O/c1-2-6-13-9-10-15-16(11-13)18(14-7-4-3-5-8-14)22-19(21)17(15)12-20/h3-5,7-8,13,18H,2,6,9-11,21H2,1H3. The number of hydrogen-bond donors (Lipinski definition) is 1. The van der Waals surface area contributed by atoms with E-state index < -0.39 is 0 Å². The molecule has 1 aromatic carbocycles. The fourth-order valence-electron chi connectivity index (χ4n) is 3.68. The molecule has 0 spiro atoms. The molecule has 0 bridgehead atoms. The minimum Gasteiger partial charge on any atom is -0.466 e. The van der Waals surface area contributed by atoms with Crippen molar-refractivity contribution in [2.45, 2.75) is 45.1 Å². The number of nitriles is 1. The molecule has 0 amide bonds. The molecule has 3 heteroatoms. The van der Waals surface area contributed by atoms with Gasteiger partial charge in [0.1, 0.15) is 17.7 Å². The van der Waals surface area contributed by atoms with E-state index in [1.807, 2.05) is 18.2 Å². The Bertz CT molecular complexity index is 652. The summed E-state index contributed by atoms with van der Waals surface area (Å²) in [5, 5.41) is 9.42. The zero-order valence-corrected chi connectivity index (χ0v) is 13.0. The van der Waals surface area contributed by atoms with Crippen LogP contribution in [0.25, 0.3) is 0 Å². The Morgan fingerprint density at radius 3 is 2.77 bits per heavy atom. The zero-order valence-electron chi connectivity index (χ0n) is 13.0. The predicted octanol–water partition coefficient (Wildman–Crippen LogP) is 4.35. The smallest absolute Gasteiger partial charge is 0.203 e. The SMILES string of the molecule is CCCC1CCC2=C(C1)C(c1ccccc1)OC(N)=C2C#N. The molecule has 2 N–H and O–H groups in total. The fraction of sp³-hybridized carbons (Fsp3) is 0.421. The van der Waals surface area contributed by atoms with Gasteiger partial charge in [0.2, 0.25) is 5.88 Å². The van der Waals surface area contributed by atoms with Crippen LogP contribution in [0.5, 0.6) is 0 Å². The number of benzene rings is 1. The van der Waals surface area contributed by atoms with Crippen molar-refractivity contribution in [3.63, 3.8) is 0 Å². The van der Waals surface area contributed by atoms with Crippen LogP contribution in [0.4, 0.5) is 0 Å². The largest absolute Gasteiger partial charge is 0.466 e. The number of hydrogen-bond acceptors (Lipinski definition) is 3. The molecule has 1 aromatic rings. The first-order valence-corrected chi connectivity index (χ1v) is 8.08. The van der Waals surface area contributed by atoms with Crippen LogP contribution in [0, 0.1) is 17.2 Å². The van der Waals surface area contributed by atoms with Crippen LogP contribution < -0.4 is 5.73 Å². The molecule has 2 aliphatic rings. The highest BCUT2D eigenvalue weighted by Crippen LogP contribution is 2.46. The van der Waals surface area contributed by atoms with Gasteiger partial charge < -0.3 is 10.5 Å². The Kier molecular flexibility index (Phi) is 4.20. The average molecular weight is 294 g/mol. The van der Waals surface area contributed by atoms with Crippen LogP contribution in [0.2, 0.25) is 0 Å². The summed E-state index contributed by atoms with van der Waals surface area (Å²) in [5.41, 5.74) is 10.1. The Morgan fingerprint density at radius 1 is 1.32 bits per heavy atom. The maximum absolute atomic E-state index is 9.42. The van der Waals surface area contributed by atoms with E-state index in [2.05, 4.69) is 25.1 Å². The lowest BCUT2D eigenvalue weighted by Gasteiger charge is -2.35. The molecule has 3 rings (SSSR count). The number of nitrogens with two attached hydrogens (primary N) is 1. The molecule has 0 fully saturated rings. The molecule has 22 heavy (non-hydrogen) atoms. The van der Waals surface area contributed by atoms with Crippen LogP contribution in [-0.2, 0) is 4.74 Å². The second kappa shape index (κ2) is 6.27. The molecule has 1 heterocycles. The molecular formula is C19H22N2O. The second-order valence-electron chi connectivity index (χ2n) is 6.16. The van der Waals surface area contributed by atoms with Gasteiger partial charge in [-0.05, 0) is 41.9 Å². The highest BCUT2D eigenvalue weighted by atomic mass is 16.5. The highest BCUT2D eigenvalue weighted by Gasteiger charge is 2.34. The maximum atomic E-state index is 9.42. The normalized spacial score (nSPS) is 24.5. The molecule has 0 saturated carbocycles. The molecule has 114 valence electrons. The minimum atomic E-state index is -0.132. The highest BCUT2D eigenvalue weighted by molar-refractivity contribution is 5.51. The monoisotopic (exact) mass is 294 g/mol. The van der Waals surface area contributed by atoms with Gasteiger partial charge >= 0.3 is 0 Å². The van der Waals surface area contributed by atoms with E-state index in [4.69, 9.17) is 10.5 Å². The quantitative estimate of drug-likeness (QED) is 0.901. The third-order valence-electron chi connectivity index (χ3n) is 4.72. The summed E-state index contributed by atoms with van der Waals surface area (Å²) in [7, 11) is 0. The number of allylic oxidation sites excluding steroid dienone is 2. The first-order chi connectivity index (χ1) is 10.7. The van der Waals surface area contributed by atoms with Crippen molar-refractivity contribution in [1.29, 1.82) is 5.26 Å². The summed E-state index contributed by atoms with van der Waals surface area (Å²) >= 11 is 0. The molecule has 1 aliphatic carbocycles. The third-order valence-corrected chi connectivity index (χ3v) is 4.72. The van der Waals surface area contributed by atoms with Gasteiger partial charge in [-0.25, -0.2) is 0 Å². The van der Waals surface area contributed by atoms with Crippen LogP contribution in [0.15, 0.2) is 52.9 Å². The zero-order chi connectivity index (χ0) is 15.5. The van der Waals surface area contributed by atoms with Gasteiger partial charge in [-0.3, -0.25) is 0 Å². The van der Waals surface area contributed by atoms with Crippen molar-refractivity contribution < 1.29 is 4.74 Å². The second-order valence-corrected chi connectivity index (χ2v) is 6.16. The van der Waals surface area contributed by atoms with Crippen LogP contribution in [0.3, 0.4) is 0 Å². The third kappa shape index (κ3) is 2.62. The summed E-state index contributed by atoms with van der Waals surface area (Å²) < 4.78 is 5.95. The van der Waals surface area contributed by atoms with E-state index in [0.717, 1.165) is 30.4 Å². The Balaban J connectivity index is 2.01. The van der Waals surface area contributed by atoms with Crippen molar-refractivity contribution in [2.24, 2.45) is 11.7 Å². The van der Waals surface area contributed by atoms with E-state index in [9.17, 15) is 5.26 Å². The van der Waals surface area contributed by atoms with E-state index in [-0.39, 0.29) is 12.0 Å². The first kappa shape index (κ1) is 14.7. The van der Waals surface area contributed by atoms with Gasteiger partial charge in [-0.2, -0.15) is 5.26 Å². The molecule has 2 unspecified atom stereocenters. The van der Waals surface area contributed by atoms with Gasteiger partial charge in [-0.1, -0.05) is 50.1 Å². The Hall–Kier alpha value is -2.21. The van der Waals surface area contributed by atoms with E-state index in [1.54, 1.807) is 0 Å². The summed E-state index contributed by atoms with van der Waals surface area (Å²) in [6.45, 7) is 2.23. The predicted molar refractivity (Wildman–Crippen MR) is 86.4 cm³/mol. The van der Waals surface area contributed by atoms with E-state index >= 15 is 0 Å². The molecule has 0 aromatic heterocycles. The maximum Gasteiger partial charge on any atom is 0.203 e. The molecule has 0 saturated heterocycles. The fourth-order valence-corrected chi connectivity index (χ4v) is 3.68. The summed E-state index contributed by atoms with van der Waals surface area (Å²) in [5.74, 6) is 0.974. The van der Waals surface area contributed by atoms with E-state index in [1.165, 1.54) is 18.4 Å². The summed E-state index contributed by atoms with van der Waals surface area (Å²) in [4.78, 5) is 0. The number of ether oxygens (including phenoxy) is 1. The molecule has 2 atom stereocenters. The molecule has 0 radical (unpaired) electrons. The molecular weight excluding hydrogens is 272 g/mol. The lowest BCUT2D eigenvalue weighted by Crippen LogP contribution is -2.25. The van der Waals surface area contributed by atoms with Gasteiger partial charge in [0.15, 0.2) is 0 Å². The van der Waals surface area contributed by atoms with Crippen molar-refractivity contribution in [2.75, 3.05) is 0 Å². The summed E-state index contributed by atoms with van der Waals surface area (Å²) in [6.07, 6.45) is 5.41. The topological polar surface area (TPSA) is 59.0 Å². The van der Waals surface area contributed by atoms with Gasteiger partial charge in [0.05, 0.1) is 0 Å². The van der Waals surface area contributed by atoms with Crippen molar-refractivity contribution in [3.8, 4) is 6.07 Å². The van der Waals surface area contributed by atoms with E-state index in [0.29, 0.717) is 11.5 Å². The summed E-state index contributed by atoms with van der Waals surface area (Å²) in [6, 6.07) is 12.4. The molecule has 3 nitrogen and oxygen atoms in total. The van der Waals surface area contributed by atoms with Crippen LogP contribution in [-0.4, -0.2) is 0 Å². The Labute approximate surface area is 132 Å². The average Bonchev–Trinajstić information content (AvgIpc) is 2.55. The molecule has 1 aliphatic heterocycles. The van der Waals surface area contributed by atoms with Gasteiger partial charge in [0, 0.05) is 0 Å². The lowest BCUT2D eigenvalue weighted by atomic mass is 9.75. The van der Waals surface area contributed by atoms with Crippen molar-refractivity contribution >= 4 is 0 Å².